The number of aryl methyl sites for hydroxylation is 1. The number of nitrogens with zero attached hydrogens (tertiary/aromatic N) is 1. The Morgan fingerprint density at radius 1 is 1.28 bits per heavy atom. The summed E-state index contributed by atoms with van der Waals surface area (Å²) in [4.78, 5) is 4.10. The van der Waals surface area contributed by atoms with Crippen LogP contribution in [0.25, 0.3) is 0 Å². The van der Waals surface area contributed by atoms with E-state index in [9.17, 15) is 4.39 Å². The first-order valence-electron chi connectivity index (χ1n) is 5.71. The fourth-order valence-corrected chi connectivity index (χ4v) is 2.10. The Hall–Kier alpha value is -1.26. The smallest absolute Gasteiger partial charge is 0.137 e. The highest BCUT2D eigenvalue weighted by Crippen LogP contribution is 2.16. The van der Waals surface area contributed by atoms with Gasteiger partial charge in [-0.15, -0.1) is 0 Å². The number of benzene rings is 1. The summed E-state index contributed by atoms with van der Waals surface area (Å²) >= 11 is 3.18. The quantitative estimate of drug-likeness (QED) is 0.934. The number of hydrogen-bond donors (Lipinski definition) is 1. The van der Waals surface area contributed by atoms with Gasteiger partial charge in [0.25, 0.3) is 0 Å². The molecule has 0 aliphatic carbocycles. The molecule has 0 aliphatic heterocycles. The van der Waals surface area contributed by atoms with Crippen molar-refractivity contribution in [2.75, 3.05) is 0 Å². The van der Waals surface area contributed by atoms with Gasteiger partial charge in [0.15, 0.2) is 0 Å². The van der Waals surface area contributed by atoms with Gasteiger partial charge < -0.3 is 5.32 Å². The van der Waals surface area contributed by atoms with Crippen LogP contribution in [0.2, 0.25) is 0 Å². The van der Waals surface area contributed by atoms with Crippen molar-refractivity contribution in [3.05, 3.63) is 63.6 Å². The molecule has 0 spiro atoms. The monoisotopic (exact) mass is 308 g/mol. The van der Waals surface area contributed by atoms with E-state index >= 15 is 0 Å². The minimum absolute atomic E-state index is 0.234. The second kappa shape index (κ2) is 6.07. The van der Waals surface area contributed by atoms with Crippen molar-refractivity contribution in [3.63, 3.8) is 0 Å². The summed E-state index contributed by atoms with van der Waals surface area (Å²) in [5.74, 6) is -0.234. The van der Waals surface area contributed by atoms with Gasteiger partial charge in [0.1, 0.15) is 5.82 Å². The molecule has 0 bridgehead atoms. The molecule has 18 heavy (non-hydrogen) atoms. The van der Waals surface area contributed by atoms with Gasteiger partial charge in [0.2, 0.25) is 0 Å². The Kier molecular flexibility index (Phi) is 4.44. The molecule has 2 nitrogen and oxygen atoms in total. The molecule has 1 N–H and O–H groups in total. The van der Waals surface area contributed by atoms with Gasteiger partial charge in [-0.1, -0.05) is 6.07 Å². The summed E-state index contributed by atoms with van der Waals surface area (Å²) < 4.78 is 13.6. The summed E-state index contributed by atoms with van der Waals surface area (Å²) in [5.41, 5.74) is 3.45. The van der Waals surface area contributed by atoms with Crippen LogP contribution in [-0.2, 0) is 13.1 Å². The van der Waals surface area contributed by atoms with Gasteiger partial charge >= 0.3 is 0 Å². The second-order valence-electron chi connectivity index (χ2n) is 4.15. The highest BCUT2D eigenvalue weighted by atomic mass is 79.9. The molecule has 1 heterocycles. The van der Waals surface area contributed by atoms with Gasteiger partial charge in [-0.05, 0) is 57.7 Å². The molecule has 0 amide bonds. The van der Waals surface area contributed by atoms with E-state index in [1.807, 2.05) is 12.3 Å². The second-order valence-corrected chi connectivity index (χ2v) is 5.01. The van der Waals surface area contributed by atoms with Crippen LogP contribution in [0, 0.1) is 12.7 Å². The molecule has 2 rings (SSSR count). The summed E-state index contributed by atoms with van der Waals surface area (Å²) in [6.07, 6.45) is 3.65. The molecule has 1 aromatic heterocycles. The van der Waals surface area contributed by atoms with Gasteiger partial charge in [0.05, 0.1) is 4.47 Å². The Bertz CT molecular complexity index is 543. The van der Waals surface area contributed by atoms with Crippen molar-refractivity contribution < 1.29 is 4.39 Å². The zero-order chi connectivity index (χ0) is 13.0. The lowest BCUT2D eigenvalue weighted by Crippen LogP contribution is -2.13. The first-order chi connectivity index (χ1) is 8.66. The molecule has 0 aliphatic rings. The van der Waals surface area contributed by atoms with E-state index in [0.29, 0.717) is 11.0 Å². The van der Waals surface area contributed by atoms with Crippen LogP contribution in [0.15, 0.2) is 41.1 Å². The van der Waals surface area contributed by atoms with Crippen molar-refractivity contribution in [1.29, 1.82) is 0 Å². The number of pyridine rings is 1. The molecule has 4 heteroatoms. The summed E-state index contributed by atoms with van der Waals surface area (Å²) in [5, 5.41) is 3.32. The molecule has 2 aromatic rings. The van der Waals surface area contributed by atoms with Gasteiger partial charge in [-0.2, -0.15) is 0 Å². The lowest BCUT2D eigenvalue weighted by molar-refractivity contribution is 0.618. The van der Waals surface area contributed by atoms with Crippen molar-refractivity contribution >= 4 is 15.9 Å². The largest absolute Gasteiger partial charge is 0.309 e. The lowest BCUT2D eigenvalue weighted by atomic mass is 10.1. The van der Waals surface area contributed by atoms with Crippen LogP contribution in [-0.4, -0.2) is 4.98 Å². The van der Waals surface area contributed by atoms with Crippen LogP contribution in [0.4, 0.5) is 4.39 Å². The van der Waals surface area contributed by atoms with E-state index in [1.54, 1.807) is 18.3 Å². The normalized spacial score (nSPS) is 10.6. The van der Waals surface area contributed by atoms with Crippen LogP contribution in [0.5, 0.6) is 0 Å². The first kappa shape index (κ1) is 13.2. The first-order valence-corrected chi connectivity index (χ1v) is 6.50. The molecule has 0 fully saturated rings. The fraction of sp³-hybridized carbons (Fsp3) is 0.214. The van der Waals surface area contributed by atoms with Crippen molar-refractivity contribution in [3.8, 4) is 0 Å². The van der Waals surface area contributed by atoms with Gasteiger partial charge in [-0.25, -0.2) is 4.39 Å². The topological polar surface area (TPSA) is 24.9 Å². The van der Waals surface area contributed by atoms with E-state index in [0.717, 1.165) is 12.1 Å². The maximum atomic E-state index is 13.1. The average molecular weight is 309 g/mol. The maximum Gasteiger partial charge on any atom is 0.137 e. The summed E-state index contributed by atoms with van der Waals surface area (Å²) in [7, 11) is 0. The molecule has 0 radical (unpaired) electrons. The fourth-order valence-electron chi connectivity index (χ4n) is 1.67. The van der Waals surface area contributed by atoms with Crippen molar-refractivity contribution in [2.45, 2.75) is 20.0 Å². The Morgan fingerprint density at radius 2 is 2.11 bits per heavy atom. The Morgan fingerprint density at radius 3 is 2.83 bits per heavy atom. The maximum absolute atomic E-state index is 13.1. The lowest BCUT2D eigenvalue weighted by Gasteiger charge is -2.07. The zero-order valence-electron chi connectivity index (χ0n) is 10.1. The molecular formula is C14H14BrFN2. The molecule has 1 aromatic carbocycles. The molecule has 0 saturated carbocycles. The highest BCUT2D eigenvalue weighted by Gasteiger charge is 2.01. The zero-order valence-corrected chi connectivity index (χ0v) is 11.7. The summed E-state index contributed by atoms with van der Waals surface area (Å²) in [6.45, 7) is 3.52. The molecule has 0 saturated heterocycles. The number of rotatable bonds is 4. The number of aromatic nitrogens is 1. The third kappa shape index (κ3) is 3.37. The number of hydrogen-bond acceptors (Lipinski definition) is 2. The van der Waals surface area contributed by atoms with E-state index in [-0.39, 0.29) is 5.82 Å². The number of halogens is 2. The van der Waals surface area contributed by atoms with E-state index in [1.165, 1.54) is 17.2 Å². The SMILES string of the molecule is Cc1ccncc1CNCc1ccc(F)c(Br)c1. The molecule has 0 unspecified atom stereocenters. The third-order valence-electron chi connectivity index (χ3n) is 2.78. The van der Waals surface area contributed by atoms with E-state index < -0.39 is 0 Å². The molecule has 94 valence electrons. The third-order valence-corrected chi connectivity index (χ3v) is 3.38. The van der Waals surface area contributed by atoms with Crippen LogP contribution in [0.1, 0.15) is 16.7 Å². The Balaban J connectivity index is 1.92. The average Bonchev–Trinajstić information content (AvgIpc) is 2.36. The van der Waals surface area contributed by atoms with Gasteiger partial charge in [0, 0.05) is 25.5 Å². The summed E-state index contributed by atoms with van der Waals surface area (Å²) in [6, 6.07) is 7.03. The molecule has 0 atom stereocenters. The predicted octanol–water partition coefficient (Wildman–Crippen LogP) is 3.58. The minimum atomic E-state index is -0.234. The predicted molar refractivity (Wildman–Crippen MR) is 73.6 cm³/mol. The van der Waals surface area contributed by atoms with Crippen LogP contribution in [0.3, 0.4) is 0 Å². The highest BCUT2D eigenvalue weighted by molar-refractivity contribution is 9.10. The minimum Gasteiger partial charge on any atom is -0.309 e. The van der Waals surface area contributed by atoms with Crippen molar-refractivity contribution in [2.24, 2.45) is 0 Å². The number of nitrogens with one attached hydrogen (secondary N) is 1. The standard InChI is InChI=1S/C14H14BrFN2/c1-10-4-5-17-8-12(10)9-18-7-11-2-3-14(16)13(15)6-11/h2-6,8,18H,7,9H2,1H3. The Labute approximate surface area is 114 Å². The van der Waals surface area contributed by atoms with Crippen LogP contribution < -0.4 is 5.32 Å². The molecular weight excluding hydrogens is 295 g/mol. The van der Waals surface area contributed by atoms with E-state index in [4.69, 9.17) is 0 Å². The van der Waals surface area contributed by atoms with Crippen molar-refractivity contribution in [1.82, 2.24) is 10.3 Å². The van der Waals surface area contributed by atoms with Crippen LogP contribution >= 0.6 is 15.9 Å². The van der Waals surface area contributed by atoms with Gasteiger partial charge in [-0.3, -0.25) is 4.98 Å². The van der Waals surface area contributed by atoms with E-state index in [2.05, 4.69) is 33.2 Å².